The lowest BCUT2D eigenvalue weighted by Gasteiger charge is -2.09. The first-order chi connectivity index (χ1) is 7.36. The summed E-state index contributed by atoms with van der Waals surface area (Å²) >= 11 is 1.44. The van der Waals surface area contributed by atoms with Gasteiger partial charge in [0.1, 0.15) is 0 Å². The van der Waals surface area contributed by atoms with Crippen LogP contribution >= 0.6 is 11.8 Å². The minimum Gasteiger partial charge on any atom is -0.376 e. The molecule has 15 heavy (non-hydrogen) atoms. The Balaban J connectivity index is 2.10. The predicted octanol–water partition coefficient (Wildman–Crippen LogP) is 1.74. The van der Waals surface area contributed by atoms with Crippen molar-refractivity contribution in [1.82, 2.24) is 5.32 Å². The molecule has 0 bridgehead atoms. The minimum absolute atomic E-state index is 0.446. The lowest BCUT2D eigenvalue weighted by atomic mass is 10.3. The molecule has 0 unspecified atom stereocenters. The summed E-state index contributed by atoms with van der Waals surface area (Å²) < 4.78 is 5.65. The number of thioether (sulfide) groups is 1. The van der Waals surface area contributed by atoms with Gasteiger partial charge in [-0.3, -0.25) is 10.3 Å². The van der Waals surface area contributed by atoms with Crippen molar-refractivity contribution in [3.63, 3.8) is 0 Å². The molecule has 0 aliphatic heterocycles. The van der Waals surface area contributed by atoms with Crippen molar-refractivity contribution < 1.29 is 4.74 Å². The van der Waals surface area contributed by atoms with Gasteiger partial charge in [-0.1, -0.05) is 24.6 Å². The molecule has 1 rings (SSSR count). The van der Waals surface area contributed by atoms with Gasteiger partial charge in [0, 0.05) is 0 Å². The molecule has 0 aromatic heterocycles. The van der Waals surface area contributed by atoms with Crippen LogP contribution in [0.5, 0.6) is 0 Å². The highest BCUT2D eigenvalue weighted by atomic mass is 32.2. The minimum atomic E-state index is 0.446. The number of nitriles is 1. The monoisotopic (exact) mass is 227 g/mol. The summed E-state index contributed by atoms with van der Waals surface area (Å²) in [6, 6.07) is 0. The van der Waals surface area contributed by atoms with Crippen molar-refractivity contribution in [3.8, 4) is 6.19 Å². The van der Waals surface area contributed by atoms with E-state index in [1.807, 2.05) is 12.4 Å². The predicted molar refractivity (Wildman–Crippen MR) is 62.8 cm³/mol. The Labute approximate surface area is 95.1 Å². The topological polar surface area (TPSA) is 57.4 Å². The van der Waals surface area contributed by atoms with Gasteiger partial charge in [0.15, 0.2) is 11.4 Å². The van der Waals surface area contributed by atoms with Crippen LogP contribution < -0.4 is 5.32 Å². The average Bonchev–Trinajstić information content (AvgIpc) is 2.75. The van der Waals surface area contributed by atoms with E-state index < -0.39 is 0 Å². The van der Waals surface area contributed by atoms with E-state index >= 15 is 0 Å². The maximum atomic E-state index is 8.41. The normalized spacial score (nSPS) is 17.7. The van der Waals surface area contributed by atoms with Crippen molar-refractivity contribution in [1.29, 1.82) is 5.26 Å². The fourth-order valence-corrected chi connectivity index (χ4v) is 1.99. The Bertz CT molecular complexity index is 244. The molecule has 0 spiro atoms. The third-order valence-corrected chi connectivity index (χ3v) is 2.98. The molecular weight excluding hydrogens is 210 g/mol. The van der Waals surface area contributed by atoms with Crippen LogP contribution in [0.4, 0.5) is 0 Å². The molecule has 0 heterocycles. The Hall–Kier alpha value is -0.730. The van der Waals surface area contributed by atoms with Gasteiger partial charge in [0.25, 0.3) is 0 Å². The molecular formula is C10H17N3OS. The van der Waals surface area contributed by atoms with Crippen LogP contribution in [0.1, 0.15) is 25.7 Å². The smallest absolute Gasteiger partial charge is 0.183 e. The molecule has 0 atom stereocenters. The molecule has 1 N–H and O–H groups in total. The third-order valence-electron chi connectivity index (χ3n) is 2.36. The largest absolute Gasteiger partial charge is 0.376 e. The molecule has 1 aliphatic carbocycles. The van der Waals surface area contributed by atoms with Crippen LogP contribution in [0.3, 0.4) is 0 Å². The Morgan fingerprint density at radius 3 is 2.93 bits per heavy atom. The lowest BCUT2D eigenvalue weighted by molar-refractivity contribution is 0.0644. The highest BCUT2D eigenvalue weighted by Gasteiger charge is 2.14. The molecule has 84 valence electrons. The second-order valence-corrected chi connectivity index (χ2v) is 4.20. The van der Waals surface area contributed by atoms with Gasteiger partial charge >= 0.3 is 0 Å². The van der Waals surface area contributed by atoms with Gasteiger partial charge in [-0.05, 0) is 19.1 Å². The van der Waals surface area contributed by atoms with Gasteiger partial charge in [-0.15, -0.1) is 0 Å². The van der Waals surface area contributed by atoms with Gasteiger partial charge in [-0.25, -0.2) is 0 Å². The maximum absolute atomic E-state index is 8.41. The molecule has 0 amide bonds. The number of amidine groups is 1. The van der Waals surface area contributed by atoms with E-state index in [1.54, 1.807) is 0 Å². The van der Waals surface area contributed by atoms with E-state index in [4.69, 9.17) is 10.00 Å². The number of nitrogens with one attached hydrogen (secondary N) is 1. The maximum Gasteiger partial charge on any atom is 0.183 e. The quantitative estimate of drug-likeness (QED) is 0.261. The summed E-state index contributed by atoms with van der Waals surface area (Å²) in [5.41, 5.74) is 0. The number of ether oxygens (including phenoxy) is 1. The van der Waals surface area contributed by atoms with Crippen molar-refractivity contribution in [3.05, 3.63) is 0 Å². The van der Waals surface area contributed by atoms with E-state index in [9.17, 15) is 0 Å². The number of hydrogen-bond acceptors (Lipinski definition) is 4. The summed E-state index contributed by atoms with van der Waals surface area (Å²) in [6.45, 7) is 1.28. The van der Waals surface area contributed by atoms with E-state index in [-0.39, 0.29) is 0 Å². The highest BCUT2D eigenvalue weighted by molar-refractivity contribution is 8.13. The van der Waals surface area contributed by atoms with Crippen LogP contribution in [-0.4, -0.2) is 30.7 Å². The number of rotatable bonds is 4. The molecule has 4 nitrogen and oxygen atoms in total. The zero-order valence-corrected chi connectivity index (χ0v) is 9.85. The van der Waals surface area contributed by atoms with Crippen LogP contribution in [0.2, 0.25) is 0 Å². The number of hydrogen-bond donors (Lipinski definition) is 1. The van der Waals surface area contributed by atoms with Crippen molar-refractivity contribution in [2.75, 3.05) is 19.4 Å². The molecule has 0 aromatic rings. The Morgan fingerprint density at radius 1 is 1.60 bits per heavy atom. The van der Waals surface area contributed by atoms with Crippen LogP contribution in [0, 0.1) is 11.5 Å². The molecule has 0 aromatic carbocycles. The van der Waals surface area contributed by atoms with E-state index in [0.29, 0.717) is 24.4 Å². The SMILES string of the molecule is CSC(=NCCOC1CCCC1)NC#N. The summed E-state index contributed by atoms with van der Waals surface area (Å²) in [5.74, 6) is 0. The first kappa shape index (κ1) is 12.3. The van der Waals surface area contributed by atoms with E-state index in [2.05, 4.69) is 10.3 Å². The van der Waals surface area contributed by atoms with Crippen LogP contribution in [-0.2, 0) is 4.74 Å². The number of aliphatic imine (C=N–C) groups is 1. The summed E-state index contributed by atoms with van der Waals surface area (Å²) in [4.78, 5) is 4.21. The lowest BCUT2D eigenvalue weighted by Crippen LogP contribution is -2.16. The number of nitrogens with zero attached hydrogens (tertiary/aromatic N) is 2. The van der Waals surface area contributed by atoms with E-state index in [1.165, 1.54) is 37.4 Å². The molecule has 1 aliphatic rings. The summed E-state index contributed by atoms with van der Waals surface area (Å²) in [7, 11) is 0. The molecule has 0 saturated heterocycles. The van der Waals surface area contributed by atoms with Crippen LogP contribution in [0.25, 0.3) is 0 Å². The third kappa shape index (κ3) is 5.05. The molecule has 1 fully saturated rings. The highest BCUT2D eigenvalue weighted by Crippen LogP contribution is 2.20. The van der Waals surface area contributed by atoms with Gasteiger partial charge in [0.2, 0.25) is 0 Å². The summed E-state index contributed by atoms with van der Waals surface area (Å²) in [6.07, 6.45) is 9.16. The van der Waals surface area contributed by atoms with Crippen molar-refractivity contribution in [2.45, 2.75) is 31.8 Å². The van der Waals surface area contributed by atoms with Gasteiger partial charge in [-0.2, -0.15) is 5.26 Å². The first-order valence-electron chi connectivity index (χ1n) is 5.22. The summed E-state index contributed by atoms with van der Waals surface area (Å²) in [5, 5.41) is 11.6. The Kier molecular flexibility index (Phi) is 6.21. The average molecular weight is 227 g/mol. The molecule has 0 radical (unpaired) electrons. The van der Waals surface area contributed by atoms with Gasteiger partial charge in [0.05, 0.1) is 19.3 Å². The van der Waals surface area contributed by atoms with Crippen LogP contribution in [0.15, 0.2) is 4.99 Å². The second-order valence-electron chi connectivity index (χ2n) is 3.41. The Morgan fingerprint density at radius 2 is 2.33 bits per heavy atom. The fraction of sp³-hybridized carbons (Fsp3) is 0.800. The molecule has 1 saturated carbocycles. The first-order valence-corrected chi connectivity index (χ1v) is 6.44. The second kappa shape index (κ2) is 7.55. The van der Waals surface area contributed by atoms with Gasteiger partial charge < -0.3 is 4.74 Å². The molecule has 5 heteroatoms. The standard InChI is InChI=1S/C10H17N3OS/c1-15-10(13-8-11)12-6-7-14-9-4-2-3-5-9/h9H,2-7H2,1H3,(H,12,13). The fourth-order valence-electron chi connectivity index (χ4n) is 1.62. The van der Waals surface area contributed by atoms with Crippen molar-refractivity contribution in [2.24, 2.45) is 4.99 Å². The zero-order valence-electron chi connectivity index (χ0n) is 9.03. The van der Waals surface area contributed by atoms with E-state index in [0.717, 1.165) is 0 Å². The zero-order chi connectivity index (χ0) is 10.9. The van der Waals surface area contributed by atoms with Crippen molar-refractivity contribution >= 4 is 16.9 Å².